The summed E-state index contributed by atoms with van der Waals surface area (Å²) in [7, 11) is 0. The van der Waals surface area contributed by atoms with Gasteiger partial charge in [-0.2, -0.15) is 0 Å². The molecule has 2 N–H and O–H groups in total. The van der Waals surface area contributed by atoms with Gasteiger partial charge in [0.15, 0.2) is 0 Å². The molecule has 1 unspecified atom stereocenters. The van der Waals surface area contributed by atoms with Crippen LogP contribution in [0.3, 0.4) is 0 Å². The van der Waals surface area contributed by atoms with E-state index >= 15 is 0 Å². The highest BCUT2D eigenvalue weighted by atomic mass is 16.5. The van der Waals surface area contributed by atoms with Gasteiger partial charge in [-0.3, -0.25) is 4.79 Å². The fourth-order valence-electron chi connectivity index (χ4n) is 1.30. The van der Waals surface area contributed by atoms with Crippen LogP contribution < -0.4 is 0 Å². The minimum atomic E-state index is -0.567. The van der Waals surface area contributed by atoms with Crippen LogP contribution in [0.2, 0.25) is 0 Å². The lowest BCUT2D eigenvalue weighted by Crippen LogP contribution is -2.38. The average Bonchev–Trinajstić information content (AvgIpc) is 2.21. The first-order chi connectivity index (χ1) is 7.23. The largest absolute Gasteiger partial charge is 0.461 e. The van der Waals surface area contributed by atoms with E-state index in [-0.39, 0.29) is 31.0 Å². The minimum Gasteiger partial charge on any atom is -0.461 e. The van der Waals surface area contributed by atoms with Gasteiger partial charge in [0.05, 0.1) is 5.41 Å². The third-order valence-corrected chi connectivity index (χ3v) is 2.55. The van der Waals surface area contributed by atoms with E-state index in [1.54, 1.807) is 34.6 Å². The number of rotatable bonds is 5. The van der Waals surface area contributed by atoms with E-state index in [4.69, 9.17) is 14.9 Å². The fourth-order valence-corrected chi connectivity index (χ4v) is 1.30. The molecule has 3 atom stereocenters. The summed E-state index contributed by atoms with van der Waals surface area (Å²) in [6.45, 7) is 8.80. The van der Waals surface area contributed by atoms with Crippen molar-refractivity contribution >= 4 is 5.97 Å². The van der Waals surface area contributed by atoms with Crippen LogP contribution in [-0.2, 0) is 9.53 Å². The van der Waals surface area contributed by atoms with Crippen molar-refractivity contribution in [3.8, 4) is 0 Å². The lowest BCUT2D eigenvalue weighted by atomic mass is 9.92. The molecule has 0 aliphatic rings. The van der Waals surface area contributed by atoms with Crippen LogP contribution in [0.4, 0.5) is 0 Å². The summed E-state index contributed by atoms with van der Waals surface area (Å²) < 4.78 is 5.36. The second-order valence-electron chi connectivity index (χ2n) is 5.44. The maximum absolute atomic E-state index is 11.7. The first-order valence-corrected chi connectivity index (χ1v) is 5.66. The van der Waals surface area contributed by atoms with Gasteiger partial charge in [0, 0.05) is 25.0 Å². The van der Waals surface area contributed by atoms with Gasteiger partial charge >= 0.3 is 5.97 Å². The zero-order valence-corrected chi connectivity index (χ0v) is 10.9. The Morgan fingerprint density at radius 1 is 1.12 bits per heavy atom. The van der Waals surface area contributed by atoms with Gasteiger partial charge < -0.3 is 14.9 Å². The van der Waals surface area contributed by atoms with E-state index in [1.165, 1.54) is 0 Å². The van der Waals surface area contributed by atoms with E-state index in [0.29, 0.717) is 0 Å². The number of aliphatic hydroxyl groups excluding tert-OH is 2. The Kier molecular flexibility index (Phi) is 5.97. The van der Waals surface area contributed by atoms with Crippen LogP contribution in [0, 0.1) is 17.3 Å². The summed E-state index contributed by atoms with van der Waals surface area (Å²) in [5.74, 6) is -0.653. The molecule has 0 spiro atoms. The molecule has 4 nitrogen and oxygen atoms in total. The molecule has 0 saturated carbocycles. The summed E-state index contributed by atoms with van der Waals surface area (Å²) in [6, 6.07) is 0. The maximum atomic E-state index is 11.7. The zero-order valence-electron chi connectivity index (χ0n) is 10.9. The van der Waals surface area contributed by atoms with Crippen molar-refractivity contribution in [2.45, 2.75) is 40.7 Å². The van der Waals surface area contributed by atoms with E-state index in [0.717, 1.165) is 0 Å². The highest BCUT2D eigenvalue weighted by molar-refractivity contribution is 5.75. The van der Waals surface area contributed by atoms with Gasteiger partial charge in [0.25, 0.3) is 0 Å². The second kappa shape index (κ2) is 6.21. The lowest BCUT2D eigenvalue weighted by Gasteiger charge is -2.30. The predicted octanol–water partition coefficient (Wildman–Crippen LogP) is 1.20. The Morgan fingerprint density at radius 2 is 1.50 bits per heavy atom. The molecule has 16 heavy (non-hydrogen) atoms. The monoisotopic (exact) mass is 232 g/mol. The molecule has 0 heterocycles. The smallest absolute Gasteiger partial charge is 0.311 e. The number of carbonyl (C=O) groups is 1. The average molecular weight is 232 g/mol. The second-order valence-corrected chi connectivity index (χ2v) is 5.44. The first kappa shape index (κ1) is 15.4. The normalized spacial score (nSPS) is 17.7. The summed E-state index contributed by atoms with van der Waals surface area (Å²) >= 11 is 0. The summed E-state index contributed by atoms with van der Waals surface area (Å²) in [4.78, 5) is 11.7. The van der Waals surface area contributed by atoms with Crippen LogP contribution >= 0.6 is 0 Å². The number of carbonyl (C=O) groups excluding carboxylic acids is 1. The molecule has 0 rings (SSSR count). The Bertz CT molecular complexity index is 210. The van der Waals surface area contributed by atoms with E-state index < -0.39 is 11.5 Å². The molecule has 0 saturated heterocycles. The van der Waals surface area contributed by atoms with Crippen molar-refractivity contribution in [1.29, 1.82) is 0 Å². The summed E-state index contributed by atoms with van der Waals surface area (Å²) in [5, 5.41) is 18.2. The number of ether oxygens (including phenoxy) is 1. The maximum Gasteiger partial charge on any atom is 0.311 e. The van der Waals surface area contributed by atoms with Gasteiger partial charge in [-0.05, 0) is 20.8 Å². The highest BCUT2D eigenvalue weighted by Gasteiger charge is 2.31. The van der Waals surface area contributed by atoms with Crippen LogP contribution in [-0.4, -0.2) is 35.5 Å². The minimum absolute atomic E-state index is 0.0631. The van der Waals surface area contributed by atoms with Gasteiger partial charge in [-0.25, -0.2) is 0 Å². The first-order valence-electron chi connectivity index (χ1n) is 5.66. The van der Waals surface area contributed by atoms with E-state index in [1.807, 2.05) is 0 Å². The van der Waals surface area contributed by atoms with Crippen molar-refractivity contribution in [3.63, 3.8) is 0 Å². The van der Waals surface area contributed by atoms with Crippen LogP contribution in [0.1, 0.15) is 34.6 Å². The molecule has 0 aliphatic carbocycles. The topological polar surface area (TPSA) is 66.8 Å². The van der Waals surface area contributed by atoms with E-state index in [9.17, 15) is 4.79 Å². The standard InChI is InChI=1S/C12H24O4/c1-8(6-13)10(9(2)7-14)16-11(15)12(3,4)5/h8-10,13-14H,6-7H2,1-5H3/t8-,9+,10?. The van der Waals surface area contributed by atoms with Crippen molar-refractivity contribution in [2.75, 3.05) is 13.2 Å². The van der Waals surface area contributed by atoms with Gasteiger partial charge in [0.2, 0.25) is 0 Å². The molecular formula is C12H24O4. The van der Waals surface area contributed by atoms with Crippen molar-refractivity contribution < 1.29 is 19.7 Å². The van der Waals surface area contributed by atoms with Gasteiger partial charge in [0.1, 0.15) is 6.10 Å². The van der Waals surface area contributed by atoms with Gasteiger partial charge in [-0.15, -0.1) is 0 Å². The molecule has 0 aromatic heterocycles. The molecule has 0 aliphatic heterocycles. The molecule has 96 valence electrons. The molecule has 4 heteroatoms. The number of hydrogen-bond donors (Lipinski definition) is 2. The van der Waals surface area contributed by atoms with E-state index in [2.05, 4.69) is 0 Å². The van der Waals surface area contributed by atoms with Crippen LogP contribution in [0.5, 0.6) is 0 Å². The van der Waals surface area contributed by atoms with Crippen LogP contribution in [0.15, 0.2) is 0 Å². The molecule has 0 amide bonds. The number of hydrogen-bond acceptors (Lipinski definition) is 4. The Morgan fingerprint density at radius 3 is 1.75 bits per heavy atom. The number of esters is 1. The van der Waals surface area contributed by atoms with Crippen molar-refractivity contribution in [1.82, 2.24) is 0 Å². The summed E-state index contributed by atoms with van der Waals surface area (Å²) in [6.07, 6.45) is -0.443. The van der Waals surface area contributed by atoms with Gasteiger partial charge in [-0.1, -0.05) is 13.8 Å². The third-order valence-electron chi connectivity index (χ3n) is 2.55. The zero-order chi connectivity index (χ0) is 12.9. The Labute approximate surface area is 97.6 Å². The lowest BCUT2D eigenvalue weighted by molar-refractivity contribution is -0.166. The molecule has 0 radical (unpaired) electrons. The SMILES string of the molecule is C[C@H](CO)C(OC(=O)C(C)(C)C)[C@@H](C)CO. The summed E-state index contributed by atoms with van der Waals surface area (Å²) in [5.41, 5.74) is -0.567. The molecule has 0 aromatic rings. The molecular weight excluding hydrogens is 208 g/mol. The number of aliphatic hydroxyl groups is 2. The fraction of sp³-hybridized carbons (Fsp3) is 0.917. The quantitative estimate of drug-likeness (QED) is 0.699. The molecule has 0 aromatic carbocycles. The Balaban J connectivity index is 4.62. The van der Waals surface area contributed by atoms with Crippen LogP contribution in [0.25, 0.3) is 0 Å². The molecule has 0 fully saturated rings. The highest BCUT2D eigenvalue weighted by Crippen LogP contribution is 2.22. The predicted molar refractivity (Wildman–Crippen MR) is 61.8 cm³/mol. The van der Waals surface area contributed by atoms with Crippen molar-refractivity contribution in [2.24, 2.45) is 17.3 Å². The third kappa shape index (κ3) is 4.49. The van der Waals surface area contributed by atoms with Crippen molar-refractivity contribution in [3.05, 3.63) is 0 Å². The molecule has 0 bridgehead atoms. The Hall–Kier alpha value is -0.610.